The van der Waals surface area contributed by atoms with E-state index >= 15 is 0 Å². The van der Waals surface area contributed by atoms with Crippen LogP contribution in [0.1, 0.15) is 23.6 Å². The highest BCUT2D eigenvalue weighted by Gasteiger charge is 2.26. The molecule has 0 N–H and O–H groups in total. The van der Waals surface area contributed by atoms with E-state index in [1.54, 1.807) is 0 Å². The Morgan fingerprint density at radius 1 is 1.28 bits per heavy atom. The maximum atomic E-state index is 5.88. The topological polar surface area (TPSA) is 46.4 Å². The third kappa shape index (κ3) is 4.58. The summed E-state index contributed by atoms with van der Waals surface area (Å²) in [6.07, 6.45) is 1.19. The van der Waals surface area contributed by atoms with E-state index in [4.69, 9.17) is 4.74 Å². The van der Waals surface area contributed by atoms with Gasteiger partial charge in [0.15, 0.2) is 0 Å². The van der Waals surface area contributed by atoms with Crippen molar-refractivity contribution in [1.29, 1.82) is 0 Å². The third-order valence-corrected chi connectivity index (χ3v) is 5.11. The lowest BCUT2D eigenvalue weighted by Gasteiger charge is -2.24. The zero-order valence-electron chi connectivity index (χ0n) is 15.8. The van der Waals surface area contributed by atoms with Gasteiger partial charge in [0.05, 0.1) is 6.54 Å². The van der Waals surface area contributed by atoms with E-state index in [1.165, 1.54) is 12.0 Å². The molecule has 6 heteroatoms. The van der Waals surface area contributed by atoms with E-state index in [9.17, 15) is 0 Å². The summed E-state index contributed by atoms with van der Waals surface area (Å²) in [5, 5.41) is 8.42. The standard InChI is InChI=1S/C19H29N5O/c1-15-6-5-7-18(12-15)25-11-10-24-9-8-17(13-24)22(3)14-19-21-20-16(2)23(19)4/h5-7,12,17H,8-11,13-14H2,1-4H3/t17-/m1/s1. The monoisotopic (exact) mass is 343 g/mol. The van der Waals surface area contributed by atoms with Crippen LogP contribution in [-0.4, -0.2) is 63.9 Å². The molecule has 1 fully saturated rings. The lowest BCUT2D eigenvalue weighted by molar-refractivity contribution is 0.200. The molecule has 0 bridgehead atoms. The first-order chi connectivity index (χ1) is 12.0. The number of benzene rings is 1. The summed E-state index contributed by atoms with van der Waals surface area (Å²) < 4.78 is 7.95. The Kier molecular flexibility index (Phi) is 5.71. The van der Waals surface area contributed by atoms with Gasteiger partial charge < -0.3 is 9.30 Å². The summed E-state index contributed by atoms with van der Waals surface area (Å²) in [4.78, 5) is 4.88. The van der Waals surface area contributed by atoms with Gasteiger partial charge in [0.2, 0.25) is 0 Å². The molecule has 1 aromatic heterocycles. The van der Waals surface area contributed by atoms with Crippen molar-refractivity contribution >= 4 is 0 Å². The minimum Gasteiger partial charge on any atom is -0.492 e. The fourth-order valence-electron chi connectivity index (χ4n) is 3.31. The molecule has 1 aliphatic heterocycles. The zero-order chi connectivity index (χ0) is 17.8. The molecule has 1 aromatic carbocycles. The van der Waals surface area contributed by atoms with Crippen molar-refractivity contribution in [2.75, 3.05) is 33.3 Å². The molecule has 136 valence electrons. The van der Waals surface area contributed by atoms with Crippen LogP contribution in [-0.2, 0) is 13.6 Å². The average molecular weight is 343 g/mol. The molecule has 3 rings (SSSR count). The second kappa shape index (κ2) is 7.97. The number of aromatic nitrogens is 3. The van der Waals surface area contributed by atoms with Gasteiger partial charge in [-0.3, -0.25) is 9.80 Å². The lowest BCUT2D eigenvalue weighted by atomic mass is 10.2. The molecule has 0 saturated carbocycles. The molecular formula is C19H29N5O. The first-order valence-electron chi connectivity index (χ1n) is 9.00. The summed E-state index contributed by atoms with van der Waals surface area (Å²) in [5.41, 5.74) is 1.24. The minimum absolute atomic E-state index is 0.566. The van der Waals surface area contributed by atoms with Gasteiger partial charge in [-0.2, -0.15) is 0 Å². The molecule has 1 atom stereocenters. The molecule has 0 aliphatic carbocycles. The van der Waals surface area contributed by atoms with E-state index in [0.717, 1.165) is 50.2 Å². The van der Waals surface area contributed by atoms with E-state index in [0.29, 0.717) is 6.04 Å². The molecule has 2 aromatic rings. The highest BCUT2D eigenvalue weighted by molar-refractivity contribution is 5.27. The first-order valence-corrected chi connectivity index (χ1v) is 9.00. The zero-order valence-corrected chi connectivity index (χ0v) is 15.8. The van der Waals surface area contributed by atoms with Crippen LogP contribution >= 0.6 is 0 Å². The Morgan fingerprint density at radius 3 is 2.84 bits per heavy atom. The fourth-order valence-corrected chi connectivity index (χ4v) is 3.31. The molecule has 1 saturated heterocycles. The summed E-state index contributed by atoms with van der Waals surface area (Å²) in [6, 6.07) is 8.81. The molecule has 2 heterocycles. The summed E-state index contributed by atoms with van der Waals surface area (Å²) >= 11 is 0. The summed E-state index contributed by atoms with van der Waals surface area (Å²) in [6.45, 7) is 8.85. The van der Waals surface area contributed by atoms with E-state index in [1.807, 2.05) is 26.1 Å². The Bertz CT molecular complexity index is 699. The molecule has 0 radical (unpaired) electrons. The minimum atomic E-state index is 0.566. The van der Waals surface area contributed by atoms with Crippen molar-refractivity contribution < 1.29 is 4.74 Å². The lowest BCUT2D eigenvalue weighted by Crippen LogP contribution is -2.35. The van der Waals surface area contributed by atoms with Crippen molar-refractivity contribution in [2.45, 2.75) is 32.9 Å². The van der Waals surface area contributed by atoms with Gasteiger partial charge in [-0.25, -0.2) is 0 Å². The molecule has 0 spiro atoms. The van der Waals surface area contributed by atoms with Gasteiger partial charge in [0, 0.05) is 26.2 Å². The normalized spacial score (nSPS) is 18.2. The molecule has 25 heavy (non-hydrogen) atoms. The van der Waals surface area contributed by atoms with Gasteiger partial charge >= 0.3 is 0 Å². The van der Waals surface area contributed by atoms with E-state index < -0.39 is 0 Å². The fraction of sp³-hybridized carbons (Fsp3) is 0.579. The largest absolute Gasteiger partial charge is 0.492 e. The molecular weight excluding hydrogens is 314 g/mol. The number of likely N-dealkylation sites (tertiary alicyclic amines) is 1. The van der Waals surface area contributed by atoms with Gasteiger partial charge in [0.25, 0.3) is 0 Å². The number of likely N-dealkylation sites (N-methyl/N-ethyl adjacent to an activating group) is 1. The Hall–Kier alpha value is -1.92. The Balaban J connectivity index is 1.42. The van der Waals surface area contributed by atoms with E-state index in [2.05, 4.69) is 50.7 Å². The van der Waals surface area contributed by atoms with Gasteiger partial charge in [0.1, 0.15) is 24.0 Å². The van der Waals surface area contributed by atoms with Gasteiger partial charge in [-0.1, -0.05) is 12.1 Å². The molecule has 0 unspecified atom stereocenters. The second-order valence-electron chi connectivity index (χ2n) is 7.05. The Morgan fingerprint density at radius 2 is 2.12 bits per heavy atom. The van der Waals surface area contributed by atoms with Crippen molar-refractivity contribution in [2.24, 2.45) is 7.05 Å². The number of hydrogen-bond acceptors (Lipinski definition) is 5. The van der Waals surface area contributed by atoms with Crippen LogP contribution in [0.3, 0.4) is 0 Å². The number of rotatable bonds is 7. The number of hydrogen-bond donors (Lipinski definition) is 0. The van der Waals surface area contributed by atoms with Crippen LogP contribution in [0.5, 0.6) is 5.75 Å². The number of ether oxygens (including phenoxy) is 1. The predicted molar refractivity (Wildman–Crippen MR) is 98.7 cm³/mol. The molecule has 6 nitrogen and oxygen atoms in total. The van der Waals surface area contributed by atoms with Crippen LogP contribution in [0.25, 0.3) is 0 Å². The van der Waals surface area contributed by atoms with Crippen molar-refractivity contribution in [3.05, 3.63) is 41.5 Å². The quantitative estimate of drug-likeness (QED) is 0.770. The maximum Gasteiger partial charge on any atom is 0.146 e. The average Bonchev–Trinajstić information content (AvgIpc) is 3.17. The molecule has 0 amide bonds. The summed E-state index contributed by atoms with van der Waals surface area (Å²) in [7, 11) is 4.21. The highest BCUT2D eigenvalue weighted by atomic mass is 16.5. The second-order valence-corrected chi connectivity index (χ2v) is 7.05. The van der Waals surface area contributed by atoms with Crippen LogP contribution in [0.15, 0.2) is 24.3 Å². The van der Waals surface area contributed by atoms with Crippen molar-refractivity contribution in [3.8, 4) is 5.75 Å². The van der Waals surface area contributed by atoms with Crippen LogP contribution in [0, 0.1) is 13.8 Å². The maximum absolute atomic E-state index is 5.88. The van der Waals surface area contributed by atoms with E-state index in [-0.39, 0.29) is 0 Å². The summed E-state index contributed by atoms with van der Waals surface area (Å²) in [5.74, 6) is 2.96. The third-order valence-electron chi connectivity index (χ3n) is 5.11. The molecule has 1 aliphatic rings. The van der Waals surface area contributed by atoms with Crippen molar-refractivity contribution in [3.63, 3.8) is 0 Å². The number of aryl methyl sites for hydroxylation is 2. The van der Waals surface area contributed by atoms with Crippen LogP contribution in [0.2, 0.25) is 0 Å². The number of nitrogens with zero attached hydrogens (tertiary/aromatic N) is 5. The van der Waals surface area contributed by atoms with Gasteiger partial charge in [-0.15, -0.1) is 10.2 Å². The van der Waals surface area contributed by atoms with Gasteiger partial charge in [-0.05, 0) is 51.6 Å². The smallest absolute Gasteiger partial charge is 0.146 e. The predicted octanol–water partition coefficient (Wildman–Crippen LogP) is 2.02. The van der Waals surface area contributed by atoms with Crippen LogP contribution in [0.4, 0.5) is 0 Å². The SMILES string of the molecule is Cc1cccc(OCCN2CC[C@@H](N(C)Cc3nnc(C)n3C)C2)c1. The van der Waals surface area contributed by atoms with Crippen LogP contribution < -0.4 is 4.74 Å². The first kappa shape index (κ1) is 17.9. The van der Waals surface area contributed by atoms with Crippen molar-refractivity contribution in [1.82, 2.24) is 24.6 Å². The highest BCUT2D eigenvalue weighted by Crippen LogP contribution is 2.17. The Labute approximate surface area is 150 Å².